The van der Waals surface area contributed by atoms with Crippen molar-refractivity contribution in [1.82, 2.24) is 0 Å². The molecule has 0 aliphatic carbocycles. The van der Waals surface area contributed by atoms with Gasteiger partial charge in [-0.25, -0.2) is 4.79 Å². The van der Waals surface area contributed by atoms with Crippen molar-refractivity contribution in [3.05, 3.63) is 12.7 Å². The van der Waals surface area contributed by atoms with Crippen molar-refractivity contribution >= 4 is 12.1 Å². The molecule has 0 aromatic rings. The third kappa shape index (κ3) is 145. The van der Waals surface area contributed by atoms with Gasteiger partial charge in [0.1, 0.15) is 0 Å². The fraction of sp³-hybridized carbons (Fsp3) is 0.600. The summed E-state index contributed by atoms with van der Waals surface area (Å²) >= 11 is 0. The molecule has 0 aliphatic heterocycles. The lowest BCUT2D eigenvalue weighted by molar-refractivity contribution is -0.191. The molecule has 0 saturated carbocycles. The van der Waals surface area contributed by atoms with Gasteiger partial charge in [-0.2, -0.15) is 9.59 Å². The van der Waals surface area contributed by atoms with E-state index >= 15 is 0 Å². The maximum absolute atomic E-state index is 9.84. The van der Waals surface area contributed by atoms with Crippen LogP contribution < -0.4 is 0 Å². The van der Waals surface area contributed by atoms with E-state index in [0.29, 0.717) is 0 Å². The van der Waals surface area contributed by atoms with Gasteiger partial charge in [0.15, 0.2) is 0 Å². The topological polar surface area (TPSA) is 60.4 Å². The van der Waals surface area contributed by atoms with Gasteiger partial charge in [0.25, 0.3) is 0 Å². The summed E-state index contributed by atoms with van der Waals surface area (Å²) in [6.07, 6.45) is 1.36. The Labute approximate surface area is 88.0 Å². The molecule has 4 nitrogen and oxygen atoms in total. The fourth-order valence-corrected chi connectivity index (χ4v) is 0.0833. The summed E-state index contributed by atoms with van der Waals surface area (Å²) in [4.78, 5) is 26.1. The Balaban J connectivity index is -0.0000000178. The number of carbonyl (C=O) groups is 1. The number of ether oxygens (including phenoxy) is 1. The summed E-state index contributed by atoms with van der Waals surface area (Å²) in [5.41, 5.74) is 0. The lowest BCUT2D eigenvalue weighted by Crippen LogP contribution is -1.91. The van der Waals surface area contributed by atoms with Crippen LogP contribution in [-0.2, 0) is 19.1 Å². The quantitative estimate of drug-likeness (QED) is 0.491. The molecule has 0 fully saturated rings. The molecule has 0 amide bonds. The first-order valence-corrected chi connectivity index (χ1v) is 2.92. The van der Waals surface area contributed by atoms with Crippen LogP contribution in [0.3, 0.4) is 0 Å². The predicted molar refractivity (Wildman–Crippen MR) is 58.8 cm³/mol. The van der Waals surface area contributed by atoms with Crippen molar-refractivity contribution in [2.24, 2.45) is 0 Å². The van der Waals surface area contributed by atoms with E-state index in [1.165, 1.54) is 7.11 Å². The largest absolute Gasteiger partial charge is 0.466 e. The van der Waals surface area contributed by atoms with Crippen molar-refractivity contribution in [2.75, 3.05) is 7.11 Å². The summed E-state index contributed by atoms with van der Waals surface area (Å²) in [6, 6.07) is 0. The van der Waals surface area contributed by atoms with Crippen LogP contribution in [0.25, 0.3) is 0 Å². The third-order valence-corrected chi connectivity index (χ3v) is 0.368. The van der Waals surface area contributed by atoms with Gasteiger partial charge in [-0.3, -0.25) is 0 Å². The van der Waals surface area contributed by atoms with Gasteiger partial charge in [-0.1, -0.05) is 42.7 Å². The van der Waals surface area contributed by atoms with E-state index in [1.807, 2.05) is 13.8 Å². The summed E-state index contributed by atoms with van der Waals surface area (Å²) in [5, 5.41) is 0. The second-order valence-corrected chi connectivity index (χ2v) is 0.811. The van der Waals surface area contributed by atoms with E-state index in [9.17, 15) is 4.79 Å². The summed E-state index contributed by atoms with van der Waals surface area (Å²) in [7, 11) is 1.31. The highest BCUT2D eigenvalue weighted by Crippen LogP contribution is 1.67. The van der Waals surface area contributed by atoms with Crippen LogP contribution in [0.5, 0.6) is 0 Å². The van der Waals surface area contributed by atoms with E-state index in [-0.39, 0.29) is 28.4 Å². The Hall–Kier alpha value is -1.41. The monoisotopic (exact) mass is 208 g/mol. The van der Waals surface area contributed by atoms with Crippen molar-refractivity contribution in [1.29, 1.82) is 0 Å². The molecule has 0 saturated heterocycles. The average molecular weight is 208 g/mol. The molecule has 0 heterocycles. The van der Waals surface area contributed by atoms with Gasteiger partial charge in [-0.05, 0) is 0 Å². The average Bonchev–Trinajstić information content (AvgIpc) is 2.08. The molecule has 88 valence electrons. The van der Waals surface area contributed by atoms with Crippen LogP contribution >= 0.6 is 0 Å². The Morgan fingerprint density at radius 1 is 1.21 bits per heavy atom. The van der Waals surface area contributed by atoms with E-state index in [2.05, 4.69) is 11.3 Å². The van der Waals surface area contributed by atoms with Gasteiger partial charge < -0.3 is 4.74 Å². The van der Waals surface area contributed by atoms with E-state index in [0.717, 1.165) is 6.08 Å². The molecule has 0 atom stereocenters. The highest BCUT2D eigenvalue weighted by atomic mass is 16.5. The molecular formula is C10H24O4. The van der Waals surface area contributed by atoms with Gasteiger partial charge in [0.2, 0.25) is 0 Å². The van der Waals surface area contributed by atoms with Crippen molar-refractivity contribution < 1.29 is 19.1 Å². The highest BCUT2D eigenvalue weighted by Gasteiger charge is 1.81. The minimum atomic E-state index is -0.394. The van der Waals surface area contributed by atoms with Crippen LogP contribution in [0.15, 0.2) is 12.7 Å². The fourth-order valence-electron chi connectivity index (χ4n) is 0.0833. The molecule has 0 rings (SSSR count). The molecule has 4 heteroatoms. The molecule has 0 bridgehead atoms. The molecule has 0 spiro atoms. The Bertz CT molecular complexity index is 124. The van der Waals surface area contributed by atoms with Crippen molar-refractivity contribution in [2.45, 2.75) is 36.1 Å². The Morgan fingerprint density at radius 2 is 1.43 bits per heavy atom. The second-order valence-electron chi connectivity index (χ2n) is 0.811. The van der Waals surface area contributed by atoms with Gasteiger partial charge >= 0.3 is 12.1 Å². The lowest BCUT2D eigenvalue weighted by Gasteiger charge is -1.83. The molecule has 0 radical (unpaired) electrons. The standard InChI is InChI=1S/C4H6O2.C2H6.CO2.3CH4/c1-3-4(5)6-2;1-2;2-1-3;;;/h3H,1H2,2H3;1-2H3;;3*1H4. The minimum absolute atomic E-state index is 0. The first-order valence-electron chi connectivity index (χ1n) is 2.92. The summed E-state index contributed by atoms with van der Waals surface area (Å²) in [6.45, 7) is 7.16. The predicted octanol–water partition coefficient (Wildman–Crippen LogP) is 2.70. The summed E-state index contributed by atoms with van der Waals surface area (Å²) in [5.74, 6) is -0.394. The van der Waals surface area contributed by atoms with Crippen molar-refractivity contribution in [3.8, 4) is 0 Å². The van der Waals surface area contributed by atoms with E-state index in [1.54, 1.807) is 0 Å². The molecule has 0 aliphatic rings. The number of methoxy groups -OCH3 is 1. The zero-order chi connectivity index (χ0) is 9.70. The second kappa shape index (κ2) is 61.7. The lowest BCUT2D eigenvalue weighted by atomic mass is 10.7. The number of rotatable bonds is 1. The molecule has 0 N–H and O–H groups in total. The van der Waals surface area contributed by atoms with Crippen LogP contribution in [-0.4, -0.2) is 19.2 Å². The molecule has 0 aromatic heterocycles. The van der Waals surface area contributed by atoms with Crippen LogP contribution in [0.2, 0.25) is 0 Å². The molecule has 14 heavy (non-hydrogen) atoms. The normalized spacial score (nSPS) is 3.93. The number of esters is 1. The zero-order valence-electron chi connectivity index (χ0n) is 6.92. The third-order valence-electron chi connectivity index (χ3n) is 0.368. The molecule has 0 aromatic carbocycles. The first kappa shape index (κ1) is 38.9. The minimum Gasteiger partial charge on any atom is -0.466 e. The van der Waals surface area contributed by atoms with Crippen LogP contribution in [0.1, 0.15) is 36.1 Å². The van der Waals surface area contributed by atoms with Gasteiger partial charge in [0.05, 0.1) is 7.11 Å². The Morgan fingerprint density at radius 3 is 1.43 bits per heavy atom. The van der Waals surface area contributed by atoms with Crippen molar-refractivity contribution in [3.63, 3.8) is 0 Å². The van der Waals surface area contributed by atoms with E-state index in [4.69, 9.17) is 9.59 Å². The smallest absolute Gasteiger partial charge is 0.373 e. The van der Waals surface area contributed by atoms with Gasteiger partial charge in [0, 0.05) is 6.08 Å². The summed E-state index contributed by atoms with van der Waals surface area (Å²) < 4.78 is 4.14. The zero-order valence-corrected chi connectivity index (χ0v) is 6.92. The van der Waals surface area contributed by atoms with Gasteiger partial charge in [-0.15, -0.1) is 0 Å². The number of carbonyl (C=O) groups excluding carboxylic acids is 3. The van der Waals surface area contributed by atoms with Crippen LogP contribution in [0, 0.1) is 0 Å². The number of hydrogen-bond donors (Lipinski definition) is 0. The number of hydrogen-bond acceptors (Lipinski definition) is 4. The molecular weight excluding hydrogens is 184 g/mol. The molecule has 0 unspecified atom stereocenters. The Kier molecular flexibility index (Phi) is 172. The first-order chi connectivity index (χ1) is 5.22. The van der Waals surface area contributed by atoms with Crippen LogP contribution in [0.4, 0.5) is 0 Å². The maximum atomic E-state index is 9.84. The van der Waals surface area contributed by atoms with E-state index < -0.39 is 5.97 Å². The SMILES string of the molecule is C.C.C.C=CC(=O)OC.CC.O=C=O. The highest BCUT2D eigenvalue weighted by molar-refractivity contribution is 5.80. The maximum Gasteiger partial charge on any atom is 0.373 e.